The van der Waals surface area contributed by atoms with Crippen LogP contribution in [0, 0.1) is 0 Å². The Kier molecular flexibility index (Phi) is 5.62. The van der Waals surface area contributed by atoms with E-state index in [9.17, 15) is 0 Å². The quantitative estimate of drug-likeness (QED) is 0.813. The molecular weight excluding hydrogens is 330 g/mol. The molecular formula is C17H24ClN3OS. The SMILES string of the molecule is CCN1CCC[C@@H]1CNC(=S)N[C@@H]1CCOc2c(Cl)cccc21. The van der Waals surface area contributed by atoms with Gasteiger partial charge in [0.05, 0.1) is 17.7 Å². The van der Waals surface area contributed by atoms with Gasteiger partial charge in [-0.05, 0) is 44.2 Å². The number of hydrogen-bond acceptors (Lipinski definition) is 3. The second-order valence-electron chi connectivity index (χ2n) is 6.13. The topological polar surface area (TPSA) is 36.5 Å². The maximum atomic E-state index is 6.22. The lowest BCUT2D eigenvalue weighted by atomic mass is 10.0. The molecule has 2 heterocycles. The molecule has 126 valence electrons. The highest BCUT2D eigenvalue weighted by molar-refractivity contribution is 7.80. The van der Waals surface area contributed by atoms with Gasteiger partial charge in [0, 0.05) is 24.6 Å². The van der Waals surface area contributed by atoms with E-state index in [-0.39, 0.29) is 6.04 Å². The van der Waals surface area contributed by atoms with Crippen molar-refractivity contribution in [2.24, 2.45) is 0 Å². The summed E-state index contributed by atoms with van der Waals surface area (Å²) in [5.41, 5.74) is 1.09. The third-order valence-electron chi connectivity index (χ3n) is 4.73. The van der Waals surface area contributed by atoms with Gasteiger partial charge in [-0.3, -0.25) is 4.90 Å². The smallest absolute Gasteiger partial charge is 0.166 e. The van der Waals surface area contributed by atoms with Gasteiger partial charge in [0.25, 0.3) is 0 Å². The Morgan fingerprint density at radius 1 is 1.43 bits per heavy atom. The number of likely N-dealkylation sites (tertiary alicyclic amines) is 1. The molecule has 2 aliphatic heterocycles. The molecule has 0 bridgehead atoms. The summed E-state index contributed by atoms with van der Waals surface area (Å²) in [4.78, 5) is 2.51. The van der Waals surface area contributed by atoms with Gasteiger partial charge in [0.2, 0.25) is 0 Å². The number of hydrogen-bond donors (Lipinski definition) is 2. The van der Waals surface area contributed by atoms with Crippen LogP contribution in [-0.4, -0.2) is 42.3 Å². The van der Waals surface area contributed by atoms with Gasteiger partial charge >= 0.3 is 0 Å². The van der Waals surface area contributed by atoms with Crippen molar-refractivity contribution in [1.29, 1.82) is 0 Å². The Morgan fingerprint density at radius 3 is 3.13 bits per heavy atom. The number of nitrogens with zero attached hydrogens (tertiary/aromatic N) is 1. The second-order valence-corrected chi connectivity index (χ2v) is 6.94. The number of para-hydroxylation sites is 1. The summed E-state index contributed by atoms with van der Waals surface area (Å²) in [5.74, 6) is 0.786. The second kappa shape index (κ2) is 7.69. The van der Waals surface area contributed by atoms with Gasteiger partial charge in [-0.15, -0.1) is 0 Å². The number of thiocarbonyl (C=S) groups is 1. The van der Waals surface area contributed by atoms with E-state index >= 15 is 0 Å². The van der Waals surface area contributed by atoms with Crippen LogP contribution >= 0.6 is 23.8 Å². The van der Waals surface area contributed by atoms with Gasteiger partial charge in [-0.2, -0.15) is 0 Å². The molecule has 2 aliphatic rings. The normalized spacial score (nSPS) is 23.9. The van der Waals surface area contributed by atoms with E-state index in [2.05, 4.69) is 28.5 Å². The van der Waals surface area contributed by atoms with Gasteiger partial charge in [0.1, 0.15) is 5.75 Å². The van der Waals surface area contributed by atoms with Crippen LogP contribution in [0.4, 0.5) is 0 Å². The van der Waals surface area contributed by atoms with Crippen LogP contribution in [0.5, 0.6) is 5.75 Å². The van der Waals surface area contributed by atoms with Crippen molar-refractivity contribution in [3.63, 3.8) is 0 Å². The van der Waals surface area contributed by atoms with E-state index in [0.29, 0.717) is 22.8 Å². The summed E-state index contributed by atoms with van der Waals surface area (Å²) in [5, 5.41) is 8.19. The summed E-state index contributed by atoms with van der Waals surface area (Å²) >= 11 is 11.7. The minimum atomic E-state index is 0.156. The molecule has 0 amide bonds. The molecule has 1 aromatic carbocycles. The first-order valence-corrected chi connectivity index (χ1v) is 9.17. The number of benzene rings is 1. The van der Waals surface area contributed by atoms with Crippen molar-refractivity contribution >= 4 is 28.9 Å². The van der Waals surface area contributed by atoms with Crippen molar-refractivity contribution in [3.05, 3.63) is 28.8 Å². The monoisotopic (exact) mass is 353 g/mol. The van der Waals surface area contributed by atoms with Crippen LogP contribution in [0.25, 0.3) is 0 Å². The van der Waals surface area contributed by atoms with Gasteiger partial charge in [-0.1, -0.05) is 30.7 Å². The van der Waals surface area contributed by atoms with E-state index in [1.165, 1.54) is 19.4 Å². The number of rotatable bonds is 4. The highest BCUT2D eigenvalue weighted by Gasteiger charge is 2.25. The van der Waals surface area contributed by atoms with Gasteiger partial charge in [-0.25, -0.2) is 0 Å². The first-order valence-electron chi connectivity index (χ1n) is 8.38. The molecule has 1 saturated heterocycles. The van der Waals surface area contributed by atoms with Crippen molar-refractivity contribution < 1.29 is 4.74 Å². The van der Waals surface area contributed by atoms with E-state index in [4.69, 9.17) is 28.6 Å². The molecule has 1 fully saturated rings. The van der Waals surface area contributed by atoms with Gasteiger partial charge < -0.3 is 15.4 Å². The summed E-state index contributed by atoms with van der Waals surface area (Å²) in [7, 11) is 0. The third-order valence-corrected chi connectivity index (χ3v) is 5.29. The van der Waals surface area contributed by atoms with Crippen LogP contribution in [0.2, 0.25) is 5.02 Å². The molecule has 0 spiro atoms. The standard InChI is InChI=1S/C17H24ClN3OS/c1-2-21-9-4-5-12(21)11-19-17(23)20-15-8-10-22-16-13(15)6-3-7-14(16)18/h3,6-7,12,15H,2,4-5,8-11H2,1H3,(H2,19,20,23)/t12-,15-/m1/s1. The molecule has 0 radical (unpaired) electrons. The molecule has 4 nitrogen and oxygen atoms in total. The largest absolute Gasteiger partial charge is 0.492 e. The molecule has 0 aromatic heterocycles. The fourth-order valence-corrected chi connectivity index (χ4v) is 3.96. The molecule has 23 heavy (non-hydrogen) atoms. The molecule has 0 unspecified atom stereocenters. The lowest BCUT2D eigenvalue weighted by Gasteiger charge is -2.29. The van der Waals surface area contributed by atoms with E-state index in [0.717, 1.165) is 30.8 Å². The Morgan fingerprint density at radius 2 is 2.30 bits per heavy atom. The third kappa shape index (κ3) is 3.90. The van der Waals surface area contributed by atoms with Crippen LogP contribution in [-0.2, 0) is 0 Å². The highest BCUT2D eigenvalue weighted by Crippen LogP contribution is 2.37. The van der Waals surface area contributed by atoms with Crippen LogP contribution < -0.4 is 15.4 Å². The molecule has 2 atom stereocenters. The molecule has 0 saturated carbocycles. The van der Waals surface area contributed by atoms with Crippen molar-refractivity contribution in [1.82, 2.24) is 15.5 Å². The van der Waals surface area contributed by atoms with Crippen molar-refractivity contribution in [3.8, 4) is 5.75 Å². The minimum absolute atomic E-state index is 0.156. The summed E-state index contributed by atoms with van der Waals surface area (Å²) in [6.45, 7) is 6.10. The fraction of sp³-hybridized carbons (Fsp3) is 0.588. The van der Waals surface area contributed by atoms with Crippen LogP contribution in [0.1, 0.15) is 37.8 Å². The number of halogens is 1. The Balaban J connectivity index is 1.56. The molecule has 0 aliphatic carbocycles. The van der Waals surface area contributed by atoms with Gasteiger partial charge in [0.15, 0.2) is 5.11 Å². The number of fused-ring (bicyclic) bond motifs is 1. The average Bonchev–Trinajstić information content (AvgIpc) is 3.01. The molecule has 1 aromatic rings. The Bertz CT molecular complexity index is 569. The number of likely N-dealkylation sites (N-methyl/N-ethyl adjacent to an activating group) is 1. The first kappa shape index (κ1) is 16.8. The zero-order chi connectivity index (χ0) is 16.2. The van der Waals surface area contributed by atoms with E-state index in [1.807, 2.05) is 12.1 Å². The van der Waals surface area contributed by atoms with Crippen molar-refractivity contribution in [2.45, 2.75) is 38.3 Å². The van der Waals surface area contributed by atoms with Crippen LogP contribution in [0.15, 0.2) is 18.2 Å². The maximum Gasteiger partial charge on any atom is 0.166 e. The Labute approximate surface area is 148 Å². The summed E-state index contributed by atoms with van der Waals surface area (Å²) < 4.78 is 5.69. The van der Waals surface area contributed by atoms with Crippen LogP contribution in [0.3, 0.4) is 0 Å². The molecule has 6 heteroatoms. The van der Waals surface area contributed by atoms with E-state index in [1.54, 1.807) is 0 Å². The lowest BCUT2D eigenvalue weighted by molar-refractivity contribution is 0.259. The molecule has 2 N–H and O–H groups in total. The predicted molar refractivity (Wildman–Crippen MR) is 98.3 cm³/mol. The number of nitrogens with one attached hydrogen (secondary N) is 2. The maximum absolute atomic E-state index is 6.22. The predicted octanol–water partition coefficient (Wildman–Crippen LogP) is 3.11. The molecule has 3 rings (SSSR count). The van der Waals surface area contributed by atoms with Crippen molar-refractivity contribution in [2.75, 3.05) is 26.2 Å². The lowest BCUT2D eigenvalue weighted by Crippen LogP contribution is -2.45. The fourth-order valence-electron chi connectivity index (χ4n) is 3.50. The summed E-state index contributed by atoms with van der Waals surface area (Å²) in [6, 6.07) is 6.62. The zero-order valence-corrected chi connectivity index (χ0v) is 15.1. The highest BCUT2D eigenvalue weighted by atomic mass is 35.5. The zero-order valence-electron chi connectivity index (χ0n) is 13.5. The van der Waals surface area contributed by atoms with E-state index < -0.39 is 0 Å². The minimum Gasteiger partial charge on any atom is -0.492 e. The first-order chi connectivity index (χ1) is 11.2. The Hall–Kier alpha value is -1.04. The average molecular weight is 354 g/mol. The summed E-state index contributed by atoms with van der Waals surface area (Å²) in [6.07, 6.45) is 3.42. The number of ether oxygens (including phenoxy) is 1.